The maximum absolute atomic E-state index is 4.31. The quantitative estimate of drug-likeness (QED) is 0.806. The van der Waals surface area contributed by atoms with Gasteiger partial charge in [0.15, 0.2) is 0 Å². The van der Waals surface area contributed by atoms with Gasteiger partial charge in [0, 0.05) is 39.0 Å². The molecule has 1 aromatic heterocycles. The van der Waals surface area contributed by atoms with Gasteiger partial charge in [-0.2, -0.15) is 0 Å². The Labute approximate surface area is 115 Å². The van der Waals surface area contributed by atoms with E-state index in [4.69, 9.17) is 0 Å². The smallest absolute Gasteiger partial charge is 0.109 e. The average Bonchev–Trinajstić information content (AvgIpc) is 2.81. The van der Waals surface area contributed by atoms with Crippen molar-refractivity contribution in [2.75, 3.05) is 6.54 Å². The molecule has 3 nitrogen and oxygen atoms in total. The maximum Gasteiger partial charge on any atom is 0.109 e. The minimum atomic E-state index is 0.602. The number of imidazole rings is 1. The molecule has 102 valence electrons. The van der Waals surface area contributed by atoms with E-state index in [1.165, 1.54) is 11.1 Å². The lowest BCUT2D eigenvalue weighted by Crippen LogP contribution is -2.18. The van der Waals surface area contributed by atoms with E-state index in [0.717, 1.165) is 25.3 Å². The molecule has 0 saturated heterocycles. The second kappa shape index (κ2) is 6.53. The predicted octanol–water partition coefficient (Wildman–Crippen LogP) is 2.88. The number of aryl methyl sites for hydroxylation is 1. The minimum Gasteiger partial charge on any atom is -0.338 e. The SMILES string of the molecule is CC(C)c1ccc(CNCCc2nccn2C)cc1. The predicted molar refractivity (Wildman–Crippen MR) is 79.1 cm³/mol. The number of benzene rings is 1. The fourth-order valence-electron chi connectivity index (χ4n) is 2.09. The Balaban J connectivity index is 1.75. The number of nitrogens with one attached hydrogen (secondary N) is 1. The molecule has 1 heterocycles. The van der Waals surface area contributed by atoms with Crippen LogP contribution in [0.5, 0.6) is 0 Å². The van der Waals surface area contributed by atoms with E-state index in [-0.39, 0.29) is 0 Å². The monoisotopic (exact) mass is 257 g/mol. The molecule has 0 aliphatic heterocycles. The first-order valence-electron chi connectivity index (χ1n) is 6.92. The summed E-state index contributed by atoms with van der Waals surface area (Å²) in [6, 6.07) is 8.87. The van der Waals surface area contributed by atoms with E-state index >= 15 is 0 Å². The van der Waals surface area contributed by atoms with Gasteiger partial charge in [-0.25, -0.2) is 4.98 Å². The van der Waals surface area contributed by atoms with Crippen molar-refractivity contribution < 1.29 is 0 Å². The molecule has 0 aliphatic rings. The van der Waals surface area contributed by atoms with Crippen LogP contribution in [0.2, 0.25) is 0 Å². The fraction of sp³-hybridized carbons (Fsp3) is 0.438. The lowest BCUT2D eigenvalue weighted by molar-refractivity contribution is 0.654. The van der Waals surface area contributed by atoms with E-state index in [9.17, 15) is 0 Å². The molecule has 0 amide bonds. The second-order valence-electron chi connectivity index (χ2n) is 5.28. The topological polar surface area (TPSA) is 29.9 Å². The standard InChI is InChI=1S/C16H23N3/c1-13(2)15-6-4-14(5-7-15)12-17-9-8-16-18-10-11-19(16)3/h4-7,10-11,13,17H,8-9,12H2,1-3H3. The molecule has 1 N–H and O–H groups in total. The van der Waals surface area contributed by atoms with Crippen LogP contribution in [0.15, 0.2) is 36.7 Å². The zero-order valence-electron chi connectivity index (χ0n) is 12.1. The highest BCUT2D eigenvalue weighted by Crippen LogP contribution is 2.14. The van der Waals surface area contributed by atoms with Crippen LogP contribution in [0.25, 0.3) is 0 Å². The van der Waals surface area contributed by atoms with Gasteiger partial charge < -0.3 is 9.88 Å². The van der Waals surface area contributed by atoms with Crippen molar-refractivity contribution in [1.82, 2.24) is 14.9 Å². The highest BCUT2D eigenvalue weighted by Gasteiger charge is 2.00. The molecule has 0 unspecified atom stereocenters. The summed E-state index contributed by atoms with van der Waals surface area (Å²) in [5.74, 6) is 1.73. The van der Waals surface area contributed by atoms with Gasteiger partial charge in [-0.3, -0.25) is 0 Å². The molecule has 3 heteroatoms. The first-order chi connectivity index (χ1) is 9.16. The Morgan fingerprint density at radius 1 is 1.21 bits per heavy atom. The molecule has 0 radical (unpaired) electrons. The Hall–Kier alpha value is -1.61. The lowest BCUT2D eigenvalue weighted by Gasteiger charge is -2.08. The summed E-state index contributed by atoms with van der Waals surface area (Å²) in [5.41, 5.74) is 2.74. The van der Waals surface area contributed by atoms with Gasteiger partial charge in [0.1, 0.15) is 5.82 Å². The summed E-state index contributed by atoms with van der Waals surface area (Å²) >= 11 is 0. The van der Waals surface area contributed by atoms with Gasteiger partial charge in [-0.05, 0) is 17.0 Å². The average molecular weight is 257 g/mol. The van der Waals surface area contributed by atoms with Crippen LogP contribution in [-0.4, -0.2) is 16.1 Å². The Bertz CT molecular complexity index is 497. The van der Waals surface area contributed by atoms with E-state index in [1.54, 1.807) is 0 Å². The molecule has 0 atom stereocenters. The summed E-state index contributed by atoms with van der Waals surface area (Å²) in [6.45, 7) is 6.32. The van der Waals surface area contributed by atoms with Crippen LogP contribution in [0.4, 0.5) is 0 Å². The second-order valence-corrected chi connectivity index (χ2v) is 5.28. The first-order valence-corrected chi connectivity index (χ1v) is 6.92. The summed E-state index contributed by atoms with van der Waals surface area (Å²) in [5, 5.41) is 3.46. The number of nitrogens with zero attached hydrogens (tertiary/aromatic N) is 2. The first kappa shape index (κ1) is 13.8. The van der Waals surface area contributed by atoms with Crippen LogP contribution in [0.1, 0.15) is 36.7 Å². The van der Waals surface area contributed by atoms with Gasteiger partial charge in [0.05, 0.1) is 0 Å². The zero-order chi connectivity index (χ0) is 13.7. The molecule has 2 aromatic rings. The van der Waals surface area contributed by atoms with Gasteiger partial charge in [-0.15, -0.1) is 0 Å². The Morgan fingerprint density at radius 2 is 1.95 bits per heavy atom. The third-order valence-electron chi connectivity index (χ3n) is 3.42. The van der Waals surface area contributed by atoms with Crippen molar-refractivity contribution in [2.24, 2.45) is 7.05 Å². The normalized spacial score (nSPS) is 11.2. The van der Waals surface area contributed by atoms with Gasteiger partial charge in [0.2, 0.25) is 0 Å². The molecule has 0 aliphatic carbocycles. The molecule has 1 aromatic carbocycles. The molecule has 2 rings (SSSR count). The van der Waals surface area contributed by atoms with Gasteiger partial charge in [-0.1, -0.05) is 38.1 Å². The van der Waals surface area contributed by atoms with Crippen molar-refractivity contribution in [3.63, 3.8) is 0 Å². The van der Waals surface area contributed by atoms with E-state index in [1.807, 2.05) is 19.4 Å². The summed E-state index contributed by atoms with van der Waals surface area (Å²) < 4.78 is 2.07. The Morgan fingerprint density at radius 3 is 2.53 bits per heavy atom. The van der Waals surface area contributed by atoms with E-state index in [0.29, 0.717) is 5.92 Å². The lowest BCUT2D eigenvalue weighted by atomic mass is 10.0. The minimum absolute atomic E-state index is 0.602. The van der Waals surface area contributed by atoms with Gasteiger partial charge >= 0.3 is 0 Å². The maximum atomic E-state index is 4.31. The van der Waals surface area contributed by atoms with Crippen molar-refractivity contribution in [1.29, 1.82) is 0 Å². The molecule has 19 heavy (non-hydrogen) atoms. The number of hydrogen-bond donors (Lipinski definition) is 1. The molecule has 0 saturated carbocycles. The highest BCUT2D eigenvalue weighted by molar-refractivity contribution is 5.24. The van der Waals surface area contributed by atoms with Crippen LogP contribution in [0, 0.1) is 0 Å². The molecular formula is C16H23N3. The fourth-order valence-corrected chi connectivity index (χ4v) is 2.09. The van der Waals surface area contributed by atoms with Crippen LogP contribution >= 0.6 is 0 Å². The summed E-state index contributed by atoms with van der Waals surface area (Å²) in [4.78, 5) is 4.31. The molecule has 0 fully saturated rings. The van der Waals surface area contributed by atoms with E-state index in [2.05, 4.69) is 53.0 Å². The van der Waals surface area contributed by atoms with Crippen molar-refractivity contribution >= 4 is 0 Å². The third-order valence-corrected chi connectivity index (χ3v) is 3.42. The molecule has 0 spiro atoms. The van der Waals surface area contributed by atoms with Crippen LogP contribution < -0.4 is 5.32 Å². The Kier molecular flexibility index (Phi) is 4.74. The van der Waals surface area contributed by atoms with Gasteiger partial charge in [0.25, 0.3) is 0 Å². The number of rotatable bonds is 6. The number of aromatic nitrogens is 2. The summed E-state index contributed by atoms with van der Waals surface area (Å²) in [6.07, 6.45) is 4.80. The highest BCUT2D eigenvalue weighted by atomic mass is 15.0. The van der Waals surface area contributed by atoms with Crippen LogP contribution in [0.3, 0.4) is 0 Å². The zero-order valence-corrected chi connectivity index (χ0v) is 12.1. The van der Waals surface area contributed by atoms with Crippen molar-refractivity contribution in [3.05, 3.63) is 53.6 Å². The van der Waals surface area contributed by atoms with Crippen molar-refractivity contribution in [2.45, 2.75) is 32.7 Å². The molecular weight excluding hydrogens is 234 g/mol. The third kappa shape index (κ3) is 3.93. The largest absolute Gasteiger partial charge is 0.338 e. The number of hydrogen-bond acceptors (Lipinski definition) is 2. The summed E-state index contributed by atoms with van der Waals surface area (Å²) in [7, 11) is 2.03. The van der Waals surface area contributed by atoms with Crippen LogP contribution in [-0.2, 0) is 20.0 Å². The molecule has 0 bridgehead atoms. The van der Waals surface area contributed by atoms with Crippen molar-refractivity contribution in [3.8, 4) is 0 Å². The van der Waals surface area contributed by atoms with E-state index < -0.39 is 0 Å².